The molecule has 0 aromatic heterocycles. The Morgan fingerprint density at radius 2 is 1.02 bits per heavy atom. The summed E-state index contributed by atoms with van der Waals surface area (Å²) in [6.45, 7) is 0. The second-order valence-corrected chi connectivity index (χ2v) is 10.8. The highest BCUT2D eigenvalue weighted by molar-refractivity contribution is 6.32. The lowest BCUT2D eigenvalue weighted by Crippen LogP contribution is -2.48. The van der Waals surface area contributed by atoms with Crippen molar-refractivity contribution in [3.63, 3.8) is 0 Å². The summed E-state index contributed by atoms with van der Waals surface area (Å²) in [5.74, 6) is -11.0. The fraction of sp³-hybridized carbons (Fsp3) is 0.214. The van der Waals surface area contributed by atoms with Crippen molar-refractivity contribution in [2.45, 2.75) is 23.4 Å². The molecule has 0 saturated carbocycles. The van der Waals surface area contributed by atoms with Crippen molar-refractivity contribution in [2.75, 3.05) is 0 Å². The van der Waals surface area contributed by atoms with Crippen LogP contribution in [0.2, 0.25) is 0 Å². The fourth-order valence-electron chi connectivity index (χ4n) is 5.48. The molecule has 4 rings (SSSR count). The van der Waals surface area contributed by atoms with E-state index in [1.807, 2.05) is 0 Å². The normalized spacial score (nSPS) is 24.7. The lowest BCUT2D eigenvalue weighted by Gasteiger charge is -2.34. The van der Waals surface area contributed by atoms with Crippen LogP contribution >= 0.6 is 23.2 Å². The van der Waals surface area contributed by atoms with Gasteiger partial charge in [0.25, 0.3) is 11.1 Å². The van der Waals surface area contributed by atoms with Gasteiger partial charge in [-0.3, -0.25) is 29.8 Å². The molecule has 0 saturated heterocycles. The number of rotatable bonds is 8. The van der Waals surface area contributed by atoms with Gasteiger partial charge in [-0.2, -0.15) is 26.3 Å². The van der Waals surface area contributed by atoms with Crippen LogP contribution in [0.4, 0.5) is 26.3 Å². The molecule has 11 nitrogen and oxygen atoms in total. The molecule has 0 amide bonds. The highest BCUT2D eigenvalue weighted by atomic mass is 35.5. The summed E-state index contributed by atoms with van der Waals surface area (Å²) in [5.41, 5.74) is -11.7. The van der Waals surface area contributed by atoms with Crippen molar-refractivity contribution in [3.05, 3.63) is 137 Å². The van der Waals surface area contributed by atoms with Crippen LogP contribution < -0.4 is 0 Å². The van der Waals surface area contributed by atoms with E-state index < -0.39 is 101 Å². The van der Waals surface area contributed by atoms with E-state index in [4.69, 9.17) is 27.9 Å². The maximum Gasteiger partial charge on any atom is 0.416 e. The highest BCUT2D eigenvalue weighted by Crippen LogP contribution is 2.51. The van der Waals surface area contributed by atoms with E-state index in [1.165, 1.54) is 0 Å². The monoisotopic (exact) mass is 708 g/mol. The third kappa shape index (κ3) is 5.69. The summed E-state index contributed by atoms with van der Waals surface area (Å²) < 4.78 is 88.7. The summed E-state index contributed by atoms with van der Waals surface area (Å²) in [6, 6.07) is 6.14. The van der Waals surface area contributed by atoms with Crippen LogP contribution in [0.1, 0.15) is 22.3 Å². The molecule has 0 bridgehead atoms. The molecule has 47 heavy (non-hydrogen) atoms. The number of hydrogen-bond acceptors (Lipinski definition) is 7. The maximum atomic E-state index is 13.9. The SMILES string of the molecule is O=C(O)C1C(Cl)=C(OC2=C(Cl)C(C(=O)O)C(c3ccccc3C(F)(F)F)([N+](=O)[O-])C=C2)C=CC1(c1ccccc1C(F)(F)F)[N+](=O)[O-]. The molecule has 248 valence electrons. The van der Waals surface area contributed by atoms with Gasteiger partial charge in [0.05, 0.1) is 21.2 Å². The van der Waals surface area contributed by atoms with E-state index in [0.29, 0.717) is 48.6 Å². The third-order valence-corrected chi connectivity index (χ3v) is 8.29. The van der Waals surface area contributed by atoms with Gasteiger partial charge >= 0.3 is 24.3 Å². The molecule has 2 aliphatic carbocycles. The van der Waals surface area contributed by atoms with Gasteiger partial charge in [0, 0.05) is 33.1 Å². The van der Waals surface area contributed by atoms with Gasteiger partial charge < -0.3 is 14.9 Å². The van der Waals surface area contributed by atoms with Crippen molar-refractivity contribution >= 4 is 35.1 Å². The molecule has 2 N–H and O–H groups in total. The topological polar surface area (TPSA) is 170 Å². The number of nitrogens with zero attached hydrogens (tertiary/aromatic N) is 2. The van der Waals surface area contributed by atoms with E-state index in [9.17, 15) is 66.4 Å². The number of allylic oxidation sites excluding steroid dienone is 2. The first-order chi connectivity index (χ1) is 21.7. The average Bonchev–Trinajstić information content (AvgIpc) is 2.97. The molecule has 19 heteroatoms. The number of hydrogen-bond donors (Lipinski definition) is 2. The minimum Gasteiger partial charge on any atom is -0.481 e. The van der Waals surface area contributed by atoms with Gasteiger partial charge in [-0.1, -0.05) is 59.6 Å². The second-order valence-electron chi connectivity index (χ2n) is 9.99. The molecule has 2 aromatic rings. The van der Waals surface area contributed by atoms with Gasteiger partial charge in [0.15, 0.2) is 11.8 Å². The Hall–Kier alpha value is -4.90. The molecule has 0 radical (unpaired) electrons. The predicted molar refractivity (Wildman–Crippen MR) is 148 cm³/mol. The van der Waals surface area contributed by atoms with Gasteiger partial charge in [0.1, 0.15) is 11.5 Å². The lowest BCUT2D eigenvalue weighted by molar-refractivity contribution is -0.570. The predicted octanol–water partition coefficient (Wildman–Crippen LogP) is 6.83. The molecule has 0 heterocycles. The largest absolute Gasteiger partial charge is 0.481 e. The molecular weight excluding hydrogens is 693 g/mol. The summed E-state index contributed by atoms with van der Waals surface area (Å²) in [6.07, 6.45) is -8.23. The van der Waals surface area contributed by atoms with Crippen molar-refractivity contribution in [2.24, 2.45) is 11.8 Å². The first-order valence-corrected chi connectivity index (χ1v) is 13.4. The first-order valence-electron chi connectivity index (χ1n) is 12.7. The van der Waals surface area contributed by atoms with E-state index in [1.54, 1.807) is 0 Å². The van der Waals surface area contributed by atoms with Crippen LogP contribution in [0.3, 0.4) is 0 Å². The number of aliphatic carboxylic acids is 2. The Labute approximate surface area is 267 Å². The number of carbonyl (C=O) groups is 2. The average molecular weight is 709 g/mol. The van der Waals surface area contributed by atoms with Crippen LogP contribution in [0.25, 0.3) is 0 Å². The van der Waals surface area contributed by atoms with E-state index in [0.717, 1.165) is 24.3 Å². The van der Waals surface area contributed by atoms with Crippen molar-refractivity contribution < 1.29 is 60.7 Å². The molecular formula is C28H16Cl2F6N2O9. The zero-order valence-corrected chi connectivity index (χ0v) is 24.3. The summed E-state index contributed by atoms with van der Waals surface area (Å²) in [5, 5.41) is 42.7. The number of benzene rings is 2. The smallest absolute Gasteiger partial charge is 0.416 e. The number of ether oxygens (including phenoxy) is 1. The third-order valence-electron chi connectivity index (χ3n) is 7.48. The van der Waals surface area contributed by atoms with E-state index in [-0.39, 0.29) is 0 Å². The number of carboxylic acid groups (broad SMARTS) is 2. The zero-order valence-electron chi connectivity index (χ0n) is 22.8. The fourth-order valence-corrected chi connectivity index (χ4v) is 6.21. The van der Waals surface area contributed by atoms with E-state index in [2.05, 4.69) is 0 Å². The highest BCUT2D eigenvalue weighted by Gasteiger charge is 2.62. The Morgan fingerprint density at radius 1 is 0.702 bits per heavy atom. The number of nitro groups is 2. The Kier molecular flexibility index (Phi) is 8.95. The Balaban J connectivity index is 1.89. The second kappa shape index (κ2) is 12.0. The zero-order chi connectivity index (χ0) is 35.3. The quantitative estimate of drug-likeness (QED) is 0.170. The summed E-state index contributed by atoms with van der Waals surface area (Å²) >= 11 is 12.5. The van der Waals surface area contributed by atoms with E-state index >= 15 is 0 Å². The molecule has 2 aromatic carbocycles. The van der Waals surface area contributed by atoms with Gasteiger partial charge in [-0.25, -0.2) is 0 Å². The van der Waals surface area contributed by atoms with Crippen molar-refractivity contribution in [1.29, 1.82) is 0 Å². The molecule has 4 atom stereocenters. The van der Waals surface area contributed by atoms with Crippen LogP contribution in [-0.2, 0) is 37.8 Å². The Morgan fingerprint density at radius 3 is 1.30 bits per heavy atom. The number of alkyl halides is 6. The number of carboxylic acids is 2. The summed E-state index contributed by atoms with van der Waals surface area (Å²) in [7, 11) is 0. The van der Waals surface area contributed by atoms with Gasteiger partial charge in [-0.05, 0) is 24.3 Å². The minimum atomic E-state index is -5.19. The first kappa shape index (κ1) is 35.0. The van der Waals surface area contributed by atoms with Crippen molar-refractivity contribution in [1.82, 2.24) is 0 Å². The summed E-state index contributed by atoms with van der Waals surface area (Å²) in [4.78, 5) is 47.0. The molecule has 4 unspecified atom stereocenters. The molecule has 0 aliphatic heterocycles. The van der Waals surface area contributed by atoms with Crippen LogP contribution in [0.5, 0.6) is 0 Å². The lowest BCUT2D eigenvalue weighted by atomic mass is 9.73. The Bertz CT molecular complexity index is 1690. The maximum absolute atomic E-state index is 13.9. The van der Waals surface area contributed by atoms with Crippen LogP contribution in [0.15, 0.2) is 94.4 Å². The van der Waals surface area contributed by atoms with Crippen molar-refractivity contribution in [3.8, 4) is 0 Å². The standard InChI is InChI=1S/C28H16Cl2F6N2O9/c29-21-17(9-11-25(37(43)44,19(21)23(39)40)13-5-1-3-7-15(13)27(31,32)33)47-18-10-12-26(38(45)46,20(22(18)30)24(41)42)14-6-2-4-8-16(14)28(34,35)36/h1-12,19-20H,(H,39,40)(H,41,42). The minimum absolute atomic E-state index is 0.453. The molecule has 2 aliphatic rings. The van der Waals surface area contributed by atoms with Gasteiger partial charge in [-0.15, -0.1) is 0 Å². The molecule has 0 spiro atoms. The molecule has 0 fully saturated rings. The van der Waals surface area contributed by atoms with Gasteiger partial charge in [0.2, 0.25) is 0 Å². The number of halogens is 8. The van der Waals surface area contributed by atoms with Crippen LogP contribution in [-0.4, -0.2) is 32.0 Å². The van der Waals surface area contributed by atoms with Crippen LogP contribution in [0, 0.1) is 32.1 Å².